The third-order valence-corrected chi connectivity index (χ3v) is 3.46. The number of amides is 1. The molecule has 2 heterocycles. The van der Waals surface area contributed by atoms with Crippen LogP contribution in [0.25, 0.3) is 0 Å². The zero-order valence-electron chi connectivity index (χ0n) is 10.3. The minimum atomic E-state index is -0.241. The highest BCUT2D eigenvalue weighted by Crippen LogP contribution is 2.12. The van der Waals surface area contributed by atoms with E-state index in [2.05, 4.69) is 25.8 Å². The highest BCUT2D eigenvalue weighted by atomic mass is 79.9. The number of rotatable bonds is 2. The first kappa shape index (κ1) is 13.3. The summed E-state index contributed by atoms with van der Waals surface area (Å²) in [7, 11) is 1.42. The van der Waals surface area contributed by atoms with E-state index in [9.17, 15) is 4.79 Å². The van der Waals surface area contributed by atoms with Crippen molar-refractivity contribution in [2.24, 2.45) is 0 Å². The van der Waals surface area contributed by atoms with E-state index in [1.807, 2.05) is 12.1 Å². The molecule has 0 radical (unpaired) electrons. The molecular weight excluding hydrogens is 298 g/mol. The zero-order valence-corrected chi connectivity index (χ0v) is 11.9. The Kier molecular flexibility index (Phi) is 4.54. The Morgan fingerprint density at radius 3 is 2.78 bits per heavy atom. The van der Waals surface area contributed by atoms with E-state index >= 15 is 0 Å². The van der Waals surface area contributed by atoms with Crippen LogP contribution >= 0.6 is 15.9 Å². The molecular formula is C12H16BrN3O2. The summed E-state index contributed by atoms with van der Waals surface area (Å²) >= 11 is 3.44. The van der Waals surface area contributed by atoms with Crippen molar-refractivity contribution >= 4 is 22.0 Å². The molecule has 0 bridgehead atoms. The van der Waals surface area contributed by atoms with Gasteiger partial charge in [0.1, 0.15) is 0 Å². The minimum Gasteiger partial charge on any atom is -0.453 e. The van der Waals surface area contributed by atoms with Crippen LogP contribution in [0.3, 0.4) is 0 Å². The Balaban J connectivity index is 1.85. The van der Waals surface area contributed by atoms with Gasteiger partial charge in [0.25, 0.3) is 0 Å². The molecule has 1 aliphatic rings. The van der Waals surface area contributed by atoms with Crippen LogP contribution in [-0.2, 0) is 11.3 Å². The molecule has 5 nitrogen and oxygen atoms in total. The molecule has 18 heavy (non-hydrogen) atoms. The van der Waals surface area contributed by atoms with Gasteiger partial charge in [-0.15, -0.1) is 0 Å². The smallest absolute Gasteiger partial charge is 0.409 e. The summed E-state index contributed by atoms with van der Waals surface area (Å²) in [6, 6.07) is 3.94. The fraction of sp³-hybridized carbons (Fsp3) is 0.500. The standard InChI is InChI=1S/C12H16BrN3O2/c1-18-12(17)16-6-4-15(5-7-16)9-11-8-10(13)2-3-14-11/h2-3,8H,4-7,9H2,1H3. The molecule has 0 N–H and O–H groups in total. The molecule has 1 aliphatic heterocycles. The van der Waals surface area contributed by atoms with Gasteiger partial charge in [-0.1, -0.05) is 15.9 Å². The number of carbonyl (C=O) groups is 1. The Bertz CT molecular complexity index is 420. The van der Waals surface area contributed by atoms with Gasteiger partial charge in [0.2, 0.25) is 0 Å². The predicted octanol–water partition coefficient (Wildman–Crippen LogP) is 1.73. The van der Waals surface area contributed by atoms with E-state index in [0.29, 0.717) is 13.1 Å². The minimum absolute atomic E-state index is 0.241. The molecule has 2 rings (SSSR count). The lowest BCUT2D eigenvalue weighted by atomic mass is 10.3. The Hall–Kier alpha value is -1.14. The number of pyridine rings is 1. The second-order valence-corrected chi connectivity index (χ2v) is 5.11. The van der Waals surface area contributed by atoms with Crippen LogP contribution in [0.5, 0.6) is 0 Å². The molecule has 0 saturated carbocycles. The van der Waals surface area contributed by atoms with Crippen molar-refractivity contribution in [3.63, 3.8) is 0 Å². The molecule has 6 heteroatoms. The van der Waals surface area contributed by atoms with Crippen LogP contribution in [0.4, 0.5) is 4.79 Å². The van der Waals surface area contributed by atoms with Gasteiger partial charge in [-0.05, 0) is 12.1 Å². The van der Waals surface area contributed by atoms with Crippen molar-refractivity contribution < 1.29 is 9.53 Å². The van der Waals surface area contributed by atoms with E-state index < -0.39 is 0 Å². The number of methoxy groups -OCH3 is 1. The molecule has 1 amide bonds. The van der Waals surface area contributed by atoms with Crippen molar-refractivity contribution in [1.29, 1.82) is 0 Å². The van der Waals surface area contributed by atoms with Crippen LogP contribution < -0.4 is 0 Å². The van der Waals surface area contributed by atoms with Crippen LogP contribution in [0.1, 0.15) is 5.69 Å². The van der Waals surface area contributed by atoms with Gasteiger partial charge in [0.05, 0.1) is 12.8 Å². The maximum atomic E-state index is 11.3. The number of piperazine rings is 1. The quantitative estimate of drug-likeness (QED) is 0.834. The fourth-order valence-corrected chi connectivity index (χ4v) is 2.36. The first-order valence-electron chi connectivity index (χ1n) is 5.84. The first-order chi connectivity index (χ1) is 8.69. The topological polar surface area (TPSA) is 45.7 Å². The normalized spacial score (nSPS) is 16.7. The van der Waals surface area contributed by atoms with Crippen LogP contribution in [0.2, 0.25) is 0 Å². The number of hydrogen-bond acceptors (Lipinski definition) is 4. The van der Waals surface area contributed by atoms with Gasteiger partial charge in [0.15, 0.2) is 0 Å². The number of halogens is 1. The summed E-state index contributed by atoms with van der Waals surface area (Å²) in [6.45, 7) is 3.93. The van der Waals surface area contributed by atoms with E-state index in [-0.39, 0.29) is 6.09 Å². The molecule has 0 atom stereocenters. The van der Waals surface area contributed by atoms with E-state index in [1.54, 1.807) is 11.1 Å². The predicted molar refractivity (Wildman–Crippen MR) is 71.2 cm³/mol. The average Bonchev–Trinajstić information content (AvgIpc) is 2.39. The molecule has 1 aromatic rings. The molecule has 0 spiro atoms. The molecule has 0 aromatic carbocycles. The number of hydrogen-bond donors (Lipinski definition) is 0. The molecule has 0 aliphatic carbocycles. The Morgan fingerprint density at radius 2 is 2.17 bits per heavy atom. The lowest BCUT2D eigenvalue weighted by Crippen LogP contribution is -2.48. The second-order valence-electron chi connectivity index (χ2n) is 4.20. The largest absolute Gasteiger partial charge is 0.453 e. The molecule has 98 valence electrons. The van der Waals surface area contributed by atoms with Gasteiger partial charge >= 0.3 is 6.09 Å². The molecule has 1 fully saturated rings. The van der Waals surface area contributed by atoms with Gasteiger partial charge < -0.3 is 9.64 Å². The van der Waals surface area contributed by atoms with Crippen molar-refractivity contribution in [3.8, 4) is 0 Å². The highest BCUT2D eigenvalue weighted by molar-refractivity contribution is 9.10. The van der Waals surface area contributed by atoms with Gasteiger partial charge in [-0.2, -0.15) is 0 Å². The van der Waals surface area contributed by atoms with Gasteiger partial charge in [-0.3, -0.25) is 9.88 Å². The summed E-state index contributed by atoms with van der Waals surface area (Å²) in [5, 5.41) is 0. The lowest BCUT2D eigenvalue weighted by Gasteiger charge is -2.33. The lowest BCUT2D eigenvalue weighted by molar-refractivity contribution is 0.0885. The van der Waals surface area contributed by atoms with E-state index in [4.69, 9.17) is 4.74 Å². The molecule has 1 saturated heterocycles. The summed E-state index contributed by atoms with van der Waals surface area (Å²) in [5.41, 5.74) is 1.04. The summed E-state index contributed by atoms with van der Waals surface area (Å²) in [4.78, 5) is 19.7. The first-order valence-corrected chi connectivity index (χ1v) is 6.64. The highest BCUT2D eigenvalue weighted by Gasteiger charge is 2.21. The van der Waals surface area contributed by atoms with Crippen LogP contribution in [0, 0.1) is 0 Å². The Labute approximate surface area is 115 Å². The number of nitrogens with zero attached hydrogens (tertiary/aromatic N) is 3. The maximum absolute atomic E-state index is 11.3. The van der Waals surface area contributed by atoms with Crippen LogP contribution in [0.15, 0.2) is 22.8 Å². The van der Waals surface area contributed by atoms with Crippen molar-refractivity contribution in [1.82, 2.24) is 14.8 Å². The van der Waals surface area contributed by atoms with E-state index in [1.165, 1.54) is 7.11 Å². The molecule has 1 aromatic heterocycles. The third kappa shape index (κ3) is 3.43. The second kappa shape index (κ2) is 6.15. The summed E-state index contributed by atoms with van der Waals surface area (Å²) < 4.78 is 5.75. The summed E-state index contributed by atoms with van der Waals surface area (Å²) in [6.07, 6.45) is 1.56. The molecule has 0 unspecified atom stereocenters. The average molecular weight is 314 g/mol. The summed E-state index contributed by atoms with van der Waals surface area (Å²) in [5.74, 6) is 0. The van der Waals surface area contributed by atoms with Gasteiger partial charge in [-0.25, -0.2) is 4.79 Å². The Morgan fingerprint density at radius 1 is 1.44 bits per heavy atom. The zero-order chi connectivity index (χ0) is 13.0. The van der Waals surface area contributed by atoms with Crippen molar-refractivity contribution in [2.75, 3.05) is 33.3 Å². The fourth-order valence-electron chi connectivity index (χ4n) is 1.98. The maximum Gasteiger partial charge on any atom is 0.409 e. The van der Waals surface area contributed by atoms with Gasteiger partial charge in [0, 0.05) is 43.4 Å². The SMILES string of the molecule is COC(=O)N1CCN(Cc2cc(Br)ccn2)CC1. The number of aromatic nitrogens is 1. The number of ether oxygens (including phenoxy) is 1. The third-order valence-electron chi connectivity index (χ3n) is 2.97. The van der Waals surface area contributed by atoms with Crippen molar-refractivity contribution in [2.45, 2.75) is 6.54 Å². The van der Waals surface area contributed by atoms with E-state index in [0.717, 1.165) is 29.8 Å². The van der Waals surface area contributed by atoms with Crippen molar-refractivity contribution in [3.05, 3.63) is 28.5 Å². The van der Waals surface area contributed by atoms with Crippen LogP contribution in [-0.4, -0.2) is 54.2 Å². The monoisotopic (exact) mass is 313 g/mol. The number of carbonyl (C=O) groups excluding carboxylic acids is 1.